The zero-order chi connectivity index (χ0) is 24.5. The molecule has 1 aliphatic rings. The Morgan fingerprint density at radius 3 is 2.59 bits per heavy atom. The molecule has 3 heterocycles. The van der Waals surface area contributed by atoms with E-state index in [0.717, 1.165) is 17.6 Å². The normalized spacial score (nSPS) is 19.6. The molecule has 0 radical (unpaired) electrons. The summed E-state index contributed by atoms with van der Waals surface area (Å²) < 4.78 is 38.3. The number of hydrogen-bond donors (Lipinski definition) is 2. The summed E-state index contributed by atoms with van der Waals surface area (Å²) in [4.78, 5) is 11.0. The Hall–Kier alpha value is -2.91. The zero-order valence-corrected chi connectivity index (χ0v) is 19.4. The number of benzene rings is 2. The lowest BCUT2D eigenvalue weighted by atomic mass is 9.90. The van der Waals surface area contributed by atoms with E-state index >= 15 is 8.78 Å². The largest absolute Gasteiger partial charge is 0.478 e. The minimum absolute atomic E-state index is 0.0205. The van der Waals surface area contributed by atoms with Crippen molar-refractivity contribution in [3.63, 3.8) is 0 Å². The van der Waals surface area contributed by atoms with E-state index < -0.39 is 35.1 Å². The van der Waals surface area contributed by atoms with Gasteiger partial charge >= 0.3 is 5.97 Å². The van der Waals surface area contributed by atoms with Gasteiger partial charge in [-0.05, 0) is 36.8 Å². The number of aliphatic hydroxyl groups excluding tert-OH is 1. The number of halogens is 5. The second-order valence-corrected chi connectivity index (χ2v) is 9.09. The molecular weight excluding hydrogens is 513 g/mol. The summed E-state index contributed by atoms with van der Waals surface area (Å²) in [5, 5.41) is 24.6. The van der Waals surface area contributed by atoms with E-state index in [0.29, 0.717) is 0 Å². The lowest BCUT2D eigenvalue weighted by Crippen LogP contribution is -2.32. The maximum atomic E-state index is 16.3. The molecule has 11 heteroatoms. The van der Waals surface area contributed by atoms with Crippen LogP contribution in [0.15, 0.2) is 40.9 Å². The third-order valence-electron chi connectivity index (χ3n) is 5.75. The summed E-state index contributed by atoms with van der Waals surface area (Å²) in [5.41, 5.74) is -2.64. The maximum absolute atomic E-state index is 16.3. The maximum Gasteiger partial charge on any atom is 0.328 e. The van der Waals surface area contributed by atoms with Gasteiger partial charge in [0.1, 0.15) is 11.4 Å². The molecular formula is C23H13Cl3F2N2O4. The molecule has 174 valence electrons. The van der Waals surface area contributed by atoms with Crippen molar-refractivity contribution in [1.29, 1.82) is 0 Å². The molecule has 2 atom stereocenters. The monoisotopic (exact) mass is 524 g/mol. The number of aliphatic hydroxyl groups is 1. The van der Waals surface area contributed by atoms with Gasteiger partial charge in [-0.15, -0.1) is 0 Å². The number of nitrogens with zero attached hydrogens (tertiary/aromatic N) is 2. The number of alkyl halides is 1. The fourth-order valence-corrected chi connectivity index (χ4v) is 5.38. The Morgan fingerprint density at radius 1 is 1.26 bits per heavy atom. The van der Waals surface area contributed by atoms with Crippen LogP contribution >= 0.6 is 34.8 Å². The highest BCUT2D eigenvalue weighted by atomic mass is 35.5. The predicted octanol–water partition coefficient (Wildman–Crippen LogP) is 6.58. The van der Waals surface area contributed by atoms with E-state index in [1.165, 1.54) is 36.4 Å². The molecule has 2 aromatic carbocycles. The lowest BCUT2D eigenvalue weighted by Gasteiger charge is -2.30. The van der Waals surface area contributed by atoms with Gasteiger partial charge in [0.2, 0.25) is 5.67 Å². The molecule has 0 spiro atoms. The Labute approximate surface area is 205 Å². The standard InChI is InChI=1S/C23H13Cl3F2N2O4/c1-23(28)20-18(27)15-9(5-6-14(31)32)3-2-4-13(15)30(20)22(33)17-19(29-34-21(17)23)16-11(25)7-10(24)8-12(16)26/h2-8,22,33H,1H3,(H,31,32)/b6-5+. The fraction of sp³-hybridized carbons (Fsp3) is 0.130. The number of carboxylic acid groups (broad SMARTS) is 1. The minimum Gasteiger partial charge on any atom is -0.478 e. The van der Waals surface area contributed by atoms with E-state index in [2.05, 4.69) is 5.16 Å². The van der Waals surface area contributed by atoms with Gasteiger partial charge in [-0.2, -0.15) is 0 Å². The fourth-order valence-electron chi connectivity index (χ4n) is 4.39. The van der Waals surface area contributed by atoms with E-state index in [1.807, 2.05) is 0 Å². The molecule has 34 heavy (non-hydrogen) atoms. The highest BCUT2D eigenvalue weighted by Crippen LogP contribution is 2.52. The highest BCUT2D eigenvalue weighted by Gasteiger charge is 2.50. The molecule has 4 aromatic rings. The van der Waals surface area contributed by atoms with Gasteiger partial charge in [-0.3, -0.25) is 0 Å². The molecule has 5 rings (SSSR count). The van der Waals surface area contributed by atoms with E-state index in [4.69, 9.17) is 44.4 Å². The number of rotatable bonds is 3. The Morgan fingerprint density at radius 2 is 1.94 bits per heavy atom. The molecule has 0 fully saturated rings. The summed E-state index contributed by atoms with van der Waals surface area (Å²) in [6, 6.07) is 7.32. The smallest absolute Gasteiger partial charge is 0.328 e. The number of aliphatic carboxylic acids is 1. The number of fused-ring (bicyclic) bond motifs is 4. The second-order valence-electron chi connectivity index (χ2n) is 7.84. The van der Waals surface area contributed by atoms with Crippen LogP contribution in [0.4, 0.5) is 8.78 Å². The predicted molar refractivity (Wildman–Crippen MR) is 123 cm³/mol. The van der Waals surface area contributed by atoms with Crippen molar-refractivity contribution in [3.8, 4) is 11.3 Å². The van der Waals surface area contributed by atoms with Crippen LogP contribution in [0.25, 0.3) is 28.2 Å². The van der Waals surface area contributed by atoms with Crippen LogP contribution in [-0.4, -0.2) is 25.9 Å². The number of carboxylic acids is 1. The first-order valence-corrected chi connectivity index (χ1v) is 10.9. The molecule has 6 nitrogen and oxygen atoms in total. The van der Waals surface area contributed by atoms with Gasteiger partial charge in [0.05, 0.1) is 21.1 Å². The average Bonchev–Trinajstić information content (AvgIpc) is 3.32. The SMILES string of the molecule is CC1(F)c2onc(-c3c(Cl)cc(Cl)cc3Cl)c2C(O)n2c1c(F)c1c(/C=C/C(=O)O)cccc12. The first-order valence-electron chi connectivity index (χ1n) is 9.79. The first-order chi connectivity index (χ1) is 16.0. The summed E-state index contributed by atoms with van der Waals surface area (Å²) >= 11 is 18.6. The van der Waals surface area contributed by atoms with Crippen molar-refractivity contribution in [3.05, 3.63) is 79.9 Å². The molecule has 0 bridgehead atoms. The molecule has 0 saturated heterocycles. The Bertz CT molecular complexity index is 1520. The van der Waals surface area contributed by atoms with E-state index in [1.54, 1.807) is 0 Å². The Balaban J connectivity index is 1.81. The zero-order valence-electron chi connectivity index (χ0n) is 17.1. The van der Waals surface area contributed by atoms with E-state index in [-0.39, 0.29) is 48.4 Å². The molecule has 2 unspecified atom stereocenters. The topological polar surface area (TPSA) is 88.5 Å². The molecule has 2 aromatic heterocycles. The Kier molecular flexibility index (Phi) is 5.25. The first kappa shape index (κ1) is 22.9. The quantitative estimate of drug-likeness (QED) is 0.295. The van der Waals surface area contributed by atoms with Crippen molar-refractivity contribution in [2.75, 3.05) is 0 Å². The minimum atomic E-state index is -2.55. The molecule has 2 N–H and O–H groups in total. The molecule has 1 aliphatic heterocycles. The van der Waals surface area contributed by atoms with Gasteiger partial charge < -0.3 is 19.3 Å². The van der Waals surface area contributed by atoms with Gasteiger partial charge in [0.25, 0.3) is 0 Å². The summed E-state index contributed by atoms with van der Waals surface area (Å²) in [6.45, 7) is 1.08. The highest BCUT2D eigenvalue weighted by molar-refractivity contribution is 6.41. The molecule has 0 aliphatic carbocycles. The van der Waals surface area contributed by atoms with Gasteiger partial charge in [-0.1, -0.05) is 52.1 Å². The van der Waals surface area contributed by atoms with Crippen molar-refractivity contribution in [1.82, 2.24) is 9.72 Å². The summed E-state index contributed by atoms with van der Waals surface area (Å²) in [5.74, 6) is -2.60. The van der Waals surface area contributed by atoms with Crippen molar-refractivity contribution < 1.29 is 28.3 Å². The number of carbonyl (C=O) groups is 1. The summed E-state index contributed by atoms with van der Waals surface area (Å²) in [7, 11) is 0. The number of hydrogen-bond acceptors (Lipinski definition) is 4. The van der Waals surface area contributed by atoms with Crippen LogP contribution in [0.3, 0.4) is 0 Å². The van der Waals surface area contributed by atoms with Crippen LogP contribution < -0.4 is 0 Å². The lowest BCUT2D eigenvalue weighted by molar-refractivity contribution is -0.131. The van der Waals surface area contributed by atoms with Crippen LogP contribution in [0.2, 0.25) is 15.1 Å². The summed E-state index contributed by atoms with van der Waals surface area (Å²) in [6.07, 6.45) is 0.412. The van der Waals surface area contributed by atoms with Gasteiger partial charge in [0, 0.05) is 22.0 Å². The van der Waals surface area contributed by atoms with Crippen LogP contribution in [-0.2, 0) is 10.5 Å². The van der Waals surface area contributed by atoms with E-state index in [9.17, 15) is 9.90 Å². The third-order valence-corrected chi connectivity index (χ3v) is 6.57. The number of aromatic nitrogens is 2. The van der Waals surface area contributed by atoms with Crippen molar-refractivity contribution >= 4 is 57.8 Å². The average molecular weight is 526 g/mol. The van der Waals surface area contributed by atoms with Gasteiger partial charge in [-0.25, -0.2) is 13.6 Å². The third kappa shape index (κ3) is 3.17. The van der Waals surface area contributed by atoms with Crippen LogP contribution in [0.1, 0.15) is 35.7 Å². The van der Waals surface area contributed by atoms with Crippen LogP contribution in [0, 0.1) is 5.82 Å². The second kappa shape index (κ2) is 7.81. The van der Waals surface area contributed by atoms with Crippen molar-refractivity contribution in [2.45, 2.75) is 18.8 Å². The van der Waals surface area contributed by atoms with Crippen molar-refractivity contribution in [2.24, 2.45) is 0 Å². The van der Waals surface area contributed by atoms with Gasteiger partial charge in [0.15, 0.2) is 17.8 Å². The van der Waals surface area contributed by atoms with Crippen LogP contribution in [0.5, 0.6) is 0 Å². The molecule has 0 amide bonds. The molecule has 0 saturated carbocycles.